The zero-order valence-electron chi connectivity index (χ0n) is 12.6. The summed E-state index contributed by atoms with van der Waals surface area (Å²) in [6.07, 6.45) is 9.24. The normalized spacial score (nSPS) is 37.3. The van der Waals surface area contributed by atoms with Crippen LogP contribution in [-0.4, -0.2) is 0 Å². The number of hydrogen-bond acceptors (Lipinski definition) is 1. The first-order chi connectivity index (χ1) is 8.45. The average Bonchev–Trinajstić information content (AvgIpc) is 2.39. The topological polar surface area (TPSA) is 23.8 Å². The van der Waals surface area contributed by atoms with E-state index in [1.54, 1.807) is 0 Å². The number of fused-ring (bicyclic) bond motifs is 3. The summed E-state index contributed by atoms with van der Waals surface area (Å²) in [5.74, 6) is 2.66. The van der Waals surface area contributed by atoms with E-state index in [-0.39, 0.29) is 5.41 Å². The fourth-order valence-electron chi connectivity index (χ4n) is 4.85. The summed E-state index contributed by atoms with van der Waals surface area (Å²) in [6.45, 7) is 9.40. The number of hydrogen-bond donors (Lipinski definition) is 0. The smallest absolute Gasteiger partial charge is 0.0627 e. The molecule has 102 valence electrons. The zero-order valence-corrected chi connectivity index (χ0v) is 12.6. The molecule has 18 heavy (non-hydrogen) atoms. The molecular weight excluding hydrogens is 218 g/mol. The molecule has 0 aliphatic heterocycles. The fourth-order valence-corrected chi connectivity index (χ4v) is 4.85. The van der Waals surface area contributed by atoms with Crippen LogP contribution < -0.4 is 0 Å². The summed E-state index contributed by atoms with van der Waals surface area (Å²) in [5.41, 5.74) is 0.729. The Morgan fingerprint density at radius 3 is 2.44 bits per heavy atom. The van der Waals surface area contributed by atoms with Gasteiger partial charge in [0.1, 0.15) is 0 Å². The molecule has 2 unspecified atom stereocenters. The predicted molar refractivity (Wildman–Crippen MR) is 76.0 cm³/mol. The van der Waals surface area contributed by atoms with Crippen molar-refractivity contribution < 1.29 is 0 Å². The Morgan fingerprint density at radius 2 is 1.94 bits per heavy atom. The Morgan fingerprint density at radius 1 is 1.33 bits per heavy atom. The van der Waals surface area contributed by atoms with Crippen molar-refractivity contribution in [3.05, 3.63) is 0 Å². The molecule has 0 aromatic carbocycles. The van der Waals surface area contributed by atoms with Gasteiger partial charge in [0, 0.05) is 6.42 Å². The molecule has 3 aliphatic carbocycles. The summed E-state index contributed by atoms with van der Waals surface area (Å²) < 4.78 is 0. The van der Waals surface area contributed by atoms with Gasteiger partial charge in [-0.25, -0.2) is 0 Å². The molecule has 0 aromatic heterocycles. The van der Waals surface area contributed by atoms with E-state index in [0.29, 0.717) is 17.8 Å². The quantitative estimate of drug-likeness (QED) is 0.672. The highest BCUT2D eigenvalue weighted by molar-refractivity contribution is 5.02. The van der Waals surface area contributed by atoms with Crippen LogP contribution in [0.3, 0.4) is 0 Å². The zero-order chi connectivity index (χ0) is 13.4. The van der Waals surface area contributed by atoms with Crippen molar-refractivity contribution in [2.45, 2.75) is 72.6 Å². The second-order valence-corrected chi connectivity index (χ2v) is 7.62. The van der Waals surface area contributed by atoms with E-state index in [2.05, 4.69) is 33.8 Å². The first kappa shape index (κ1) is 13.9. The lowest BCUT2D eigenvalue weighted by Crippen LogP contribution is -2.47. The van der Waals surface area contributed by atoms with E-state index >= 15 is 0 Å². The van der Waals surface area contributed by atoms with E-state index in [0.717, 1.165) is 11.8 Å². The third kappa shape index (κ3) is 2.20. The predicted octanol–water partition coefficient (Wildman–Crippen LogP) is 5.17. The third-order valence-corrected chi connectivity index (χ3v) is 6.51. The van der Waals surface area contributed by atoms with E-state index in [9.17, 15) is 0 Å². The van der Waals surface area contributed by atoms with Gasteiger partial charge in [-0.2, -0.15) is 5.26 Å². The lowest BCUT2D eigenvalue weighted by molar-refractivity contribution is -0.0668. The maximum atomic E-state index is 9.06. The number of rotatable bonds is 4. The van der Waals surface area contributed by atoms with Crippen LogP contribution in [0.1, 0.15) is 72.6 Å². The lowest BCUT2D eigenvalue weighted by atomic mass is 9.48. The van der Waals surface area contributed by atoms with Crippen molar-refractivity contribution in [3.63, 3.8) is 0 Å². The van der Waals surface area contributed by atoms with E-state index < -0.39 is 0 Å². The van der Waals surface area contributed by atoms with Gasteiger partial charge in [-0.1, -0.05) is 34.1 Å². The van der Waals surface area contributed by atoms with Gasteiger partial charge in [0.2, 0.25) is 0 Å². The van der Waals surface area contributed by atoms with Crippen molar-refractivity contribution in [2.24, 2.45) is 28.6 Å². The molecule has 3 aliphatic rings. The van der Waals surface area contributed by atoms with Crippen molar-refractivity contribution in [2.75, 3.05) is 0 Å². The van der Waals surface area contributed by atoms with Gasteiger partial charge in [0.15, 0.2) is 0 Å². The van der Waals surface area contributed by atoms with Crippen LogP contribution in [-0.2, 0) is 0 Å². The molecule has 2 atom stereocenters. The minimum atomic E-state index is 0.178. The number of nitrogens with zero attached hydrogens (tertiary/aromatic N) is 1. The fraction of sp³-hybridized carbons (Fsp3) is 0.941. The monoisotopic (exact) mass is 247 g/mol. The third-order valence-electron chi connectivity index (χ3n) is 6.51. The molecule has 0 amide bonds. The summed E-state index contributed by atoms with van der Waals surface area (Å²) >= 11 is 0. The largest absolute Gasteiger partial charge is 0.198 e. The first-order valence-corrected chi connectivity index (χ1v) is 7.82. The Kier molecular flexibility index (Phi) is 3.77. The van der Waals surface area contributed by atoms with Crippen LogP contribution in [0.5, 0.6) is 0 Å². The van der Waals surface area contributed by atoms with Crippen LogP contribution >= 0.6 is 0 Å². The van der Waals surface area contributed by atoms with Gasteiger partial charge >= 0.3 is 0 Å². The summed E-state index contributed by atoms with van der Waals surface area (Å²) in [4.78, 5) is 0. The van der Waals surface area contributed by atoms with Crippen LogP contribution in [0.15, 0.2) is 0 Å². The van der Waals surface area contributed by atoms with Crippen LogP contribution in [0, 0.1) is 39.9 Å². The molecule has 0 spiro atoms. The van der Waals surface area contributed by atoms with Crippen molar-refractivity contribution in [3.8, 4) is 6.07 Å². The van der Waals surface area contributed by atoms with E-state index in [4.69, 9.17) is 5.26 Å². The molecule has 3 saturated carbocycles. The molecule has 2 bridgehead atoms. The van der Waals surface area contributed by atoms with Gasteiger partial charge < -0.3 is 0 Å². The maximum absolute atomic E-state index is 9.06. The molecule has 0 heterocycles. The summed E-state index contributed by atoms with van der Waals surface area (Å²) in [7, 11) is 0. The van der Waals surface area contributed by atoms with Gasteiger partial charge in [-0.15, -0.1) is 0 Å². The van der Waals surface area contributed by atoms with Gasteiger partial charge in [0.25, 0.3) is 0 Å². The van der Waals surface area contributed by atoms with Crippen LogP contribution in [0.4, 0.5) is 0 Å². The highest BCUT2D eigenvalue weighted by Crippen LogP contribution is 2.60. The molecule has 3 rings (SSSR count). The highest BCUT2D eigenvalue weighted by Gasteiger charge is 2.51. The van der Waals surface area contributed by atoms with E-state index in [1.165, 1.54) is 38.5 Å². The molecule has 1 heteroatoms. The minimum absolute atomic E-state index is 0.178. The maximum Gasteiger partial charge on any atom is 0.0627 e. The van der Waals surface area contributed by atoms with E-state index in [1.807, 2.05) is 0 Å². The minimum Gasteiger partial charge on any atom is -0.198 e. The SMILES string of the molecule is CCC1CC2(C(C)C(C)(C)CC#N)CCC1CC2. The summed E-state index contributed by atoms with van der Waals surface area (Å²) in [5, 5.41) is 9.06. The molecule has 3 fully saturated rings. The van der Waals surface area contributed by atoms with Gasteiger partial charge in [-0.3, -0.25) is 0 Å². The highest BCUT2D eigenvalue weighted by atomic mass is 14.6. The Hall–Kier alpha value is -0.510. The lowest BCUT2D eigenvalue weighted by Gasteiger charge is -2.57. The molecule has 0 radical (unpaired) electrons. The van der Waals surface area contributed by atoms with Crippen molar-refractivity contribution in [1.29, 1.82) is 5.26 Å². The Balaban J connectivity index is 2.18. The molecule has 0 N–H and O–H groups in total. The van der Waals surface area contributed by atoms with Crippen molar-refractivity contribution >= 4 is 0 Å². The second kappa shape index (κ2) is 4.87. The van der Waals surface area contributed by atoms with Crippen LogP contribution in [0.2, 0.25) is 0 Å². The number of nitriles is 1. The van der Waals surface area contributed by atoms with Crippen molar-refractivity contribution in [1.82, 2.24) is 0 Å². The first-order valence-electron chi connectivity index (χ1n) is 7.82. The molecule has 0 aromatic rings. The average molecular weight is 247 g/mol. The second-order valence-electron chi connectivity index (χ2n) is 7.62. The van der Waals surface area contributed by atoms with Gasteiger partial charge in [0.05, 0.1) is 6.07 Å². The molecule has 1 nitrogen and oxygen atoms in total. The summed E-state index contributed by atoms with van der Waals surface area (Å²) in [6, 6.07) is 2.41. The molecular formula is C17H29N. The Bertz CT molecular complexity index is 328. The van der Waals surface area contributed by atoms with Crippen LogP contribution in [0.25, 0.3) is 0 Å². The standard InChI is InChI=1S/C17H29N/c1-5-14-12-17(8-6-15(14)7-9-17)13(2)16(3,4)10-11-18/h13-15H,5-10,12H2,1-4H3. The Labute approximate surface area is 113 Å². The van der Waals surface area contributed by atoms with Gasteiger partial charge in [-0.05, 0) is 60.7 Å². The molecule has 0 saturated heterocycles.